The topological polar surface area (TPSA) is 86.5 Å². The third-order valence-corrected chi connectivity index (χ3v) is 2.98. The van der Waals surface area contributed by atoms with Crippen molar-refractivity contribution in [1.82, 2.24) is 4.98 Å². The molecule has 2 atom stereocenters. The molecule has 0 radical (unpaired) electrons. The van der Waals surface area contributed by atoms with Crippen LogP contribution >= 0.6 is 12.4 Å². The molecule has 3 N–H and O–H groups in total. The Balaban J connectivity index is 0.00000200. The van der Waals surface area contributed by atoms with E-state index in [1.54, 1.807) is 19.1 Å². The number of halogens is 1. The molecule has 2 heterocycles. The normalized spacial score (nSPS) is 19.1. The van der Waals surface area contributed by atoms with Crippen LogP contribution in [0.15, 0.2) is 18.3 Å². The van der Waals surface area contributed by atoms with E-state index in [2.05, 4.69) is 10.3 Å². The first-order valence-electron chi connectivity index (χ1n) is 6.41. The summed E-state index contributed by atoms with van der Waals surface area (Å²) in [7, 11) is 0. The molecule has 0 spiro atoms. The molecule has 112 valence electrons. The molecule has 20 heavy (non-hydrogen) atoms. The number of rotatable bonds is 5. The zero-order chi connectivity index (χ0) is 13.7. The summed E-state index contributed by atoms with van der Waals surface area (Å²) in [6.45, 7) is 2.95. The van der Waals surface area contributed by atoms with Crippen molar-refractivity contribution in [2.24, 2.45) is 0 Å². The van der Waals surface area contributed by atoms with Crippen molar-refractivity contribution in [2.75, 3.05) is 24.3 Å². The van der Waals surface area contributed by atoms with Crippen molar-refractivity contribution in [2.45, 2.75) is 32.0 Å². The van der Waals surface area contributed by atoms with Gasteiger partial charge in [-0.15, -0.1) is 12.4 Å². The summed E-state index contributed by atoms with van der Waals surface area (Å²) in [6.07, 6.45) is 3.16. The summed E-state index contributed by atoms with van der Waals surface area (Å²) in [5.74, 6) is 0.213. The van der Waals surface area contributed by atoms with Crippen molar-refractivity contribution in [1.29, 1.82) is 0 Å². The lowest BCUT2D eigenvalue weighted by atomic mass is 10.2. The van der Waals surface area contributed by atoms with Gasteiger partial charge in [-0.25, -0.2) is 4.98 Å². The van der Waals surface area contributed by atoms with Crippen LogP contribution in [0.25, 0.3) is 0 Å². The molecular weight excluding hydrogens is 282 g/mol. The highest BCUT2D eigenvalue weighted by Crippen LogP contribution is 2.13. The largest absolute Gasteiger partial charge is 0.384 e. The highest BCUT2D eigenvalue weighted by atomic mass is 35.5. The fraction of sp³-hybridized carbons (Fsp3) is 0.538. The van der Waals surface area contributed by atoms with Crippen LogP contribution in [-0.4, -0.2) is 36.3 Å². The average molecular weight is 302 g/mol. The number of ether oxygens (including phenoxy) is 2. The van der Waals surface area contributed by atoms with E-state index >= 15 is 0 Å². The van der Waals surface area contributed by atoms with Crippen LogP contribution in [0, 0.1) is 0 Å². The lowest BCUT2D eigenvalue weighted by molar-refractivity contribution is -0.128. The average Bonchev–Trinajstić information content (AvgIpc) is 2.91. The van der Waals surface area contributed by atoms with Gasteiger partial charge in [0.25, 0.3) is 5.91 Å². The predicted octanol–water partition coefficient (Wildman–Crippen LogP) is 1.61. The van der Waals surface area contributed by atoms with E-state index in [4.69, 9.17) is 15.2 Å². The van der Waals surface area contributed by atoms with Gasteiger partial charge in [0.1, 0.15) is 11.9 Å². The number of nitrogens with zero attached hydrogens (tertiary/aromatic N) is 1. The molecule has 1 amide bonds. The number of aromatic nitrogens is 1. The summed E-state index contributed by atoms with van der Waals surface area (Å²) in [5.41, 5.74) is 6.08. The number of pyridine rings is 1. The molecule has 0 aromatic carbocycles. The van der Waals surface area contributed by atoms with E-state index in [1.807, 2.05) is 0 Å². The molecule has 7 heteroatoms. The minimum atomic E-state index is -0.526. The van der Waals surface area contributed by atoms with Crippen LogP contribution < -0.4 is 11.1 Å². The lowest BCUT2D eigenvalue weighted by Gasteiger charge is -2.16. The van der Waals surface area contributed by atoms with Gasteiger partial charge >= 0.3 is 0 Å². The number of hydrogen-bond donors (Lipinski definition) is 2. The van der Waals surface area contributed by atoms with Crippen molar-refractivity contribution >= 4 is 29.8 Å². The third kappa shape index (κ3) is 4.96. The summed E-state index contributed by atoms with van der Waals surface area (Å²) in [4.78, 5) is 15.8. The smallest absolute Gasteiger partial charge is 0.253 e. The molecule has 0 saturated carbocycles. The molecular formula is C13H20ClN3O3. The number of nitrogens with one attached hydrogen (secondary N) is 1. The molecule has 1 aliphatic rings. The number of carbonyl (C=O) groups is 1. The van der Waals surface area contributed by atoms with Crippen LogP contribution in [0.1, 0.15) is 19.8 Å². The van der Waals surface area contributed by atoms with Crippen LogP contribution in [0.2, 0.25) is 0 Å². The van der Waals surface area contributed by atoms with Gasteiger partial charge in [0.2, 0.25) is 0 Å². The van der Waals surface area contributed by atoms with E-state index in [-0.39, 0.29) is 24.4 Å². The summed E-state index contributed by atoms with van der Waals surface area (Å²) < 4.78 is 10.9. The lowest BCUT2D eigenvalue weighted by Crippen LogP contribution is -2.30. The molecule has 0 aliphatic carbocycles. The molecule has 2 rings (SSSR count). The van der Waals surface area contributed by atoms with Gasteiger partial charge in [0.15, 0.2) is 0 Å². The van der Waals surface area contributed by atoms with Crippen LogP contribution in [0.4, 0.5) is 11.5 Å². The maximum absolute atomic E-state index is 11.9. The molecule has 1 aromatic rings. The first kappa shape index (κ1) is 16.7. The van der Waals surface area contributed by atoms with Gasteiger partial charge in [-0.05, 0) is 31.9 Å². The van der Waals surface area contributed by atoms with Crippen LogP contribution in [0.3, 0.4) is 0 Å². The number of nitrogen functional groups attached to an aromatic ring is 1. The molecule has 2 unspecified atom stereocenters. The Kier molecular flexibility index (Phi) is 6.70. The summed E-state index contributed by atoms with van der Waals surface area (Å²) in [6, 6.07) is 3.33. The zero-order valence-corrected chi connectivity index (χ0v) is 12.2. The first-order chi connectivity index (χ1) is 9.15. The third-order valence-electron chi connectivity index (χ3n) is 2.98. The maximum atomic E-state index is 11.9. The molecule has 1 saturated heterocycles. The Hall–Kier alpha value is -1.37. The summed E-state index contributed by atoms with van der Waals surface area (Å²) >= 11 is 0. The molecule has 6 nitrogen and oxygen atoms in total. The van der Waals surface area contributed by atoms with Gasteiger partial charge in [-0.1, -0.05) is 0 Å². The monoisotopic (exact) mass is 301 g/mol. The number of hydrogen-bond acceptors (Lipinski definition) is 5. The minimum absolute atomic E-state index is 0. The van der Waals surface area contributed by atoms with Gasteiger partial charge < -0.3 is 20.5 Å². The Bertz CT molecular complexity index is 421. The Morgan fingerprint density at radius 2 is 2.45 bits per heavy atom. The Morgan fingerprint density at radius 3 is 3.05 bits per heavy atom. The van der Waals surface area contributed by atoms with Gasteiger partial charge in [-0.3, -0.25) is 4.79 Å². The van der Waals surface area contributed by atoms with Crippen LogP contribution in [-0.2, 0) is 14.3 Å². The number of anilines is 2. The summed E-state index contributed by atoms with van der Waals surface area (Å²) in [5, 5.41) is 2.72. The zero-order valence-electron chi connectivity index (χ0n) is 11.4. The van der Waals surface area contributed by atoms with Crippen LogP contribution in [0.5, 0.6) is 0 Å². The Labute approximate surface area is 124 Å². The number of amides is 1. The van der Waals surface area contributed by atoms with Crippen molar-refractivity contribution < 1.29 is 14.3 Å². The number of carbonyl (C=O) groups excluding carboxylic acids is 1. The fourth-order valence-electron chi connectivity index (χ4n) is 1.83. The quantitative estimate of drug-likeness (QED) is 0.863. The highest BCUT2D eigenvalue weighted by molar-refractivity contribution is 5.93. The number of nitrogens with two attached hydrogens (primary N) is 1. The first-order valence-corrected chi connectivity index (χ1v) is 6.41. The van der Waals surface area contributed by atoms with Gasteiger partial charge in [-0.2, -0.15) is 0 Å². The minimum Gasteiger partial charge on any atom is -0.384 e. The highest BCUT2D eigenvalue weighted by Gasteiger charge is 2.19. The van der Waals surface area contributed by atoms with E-state index in [0.717, 1.165) is 19.4 Å². The SMILES string of the molecule is CC(OCC1CCCO1)C(=O)Nc1ccc(N)nc1.Cl. The van der Waals surface area contributed by atoms with E-state index in [0.29, 0.717) is 18.1 Å². The van der Waals surface area contributed by atoms with Gasteiger partial charge in [0, 0.05) is 6.61 Å². The van der Waals surface area contributed by atoms with Crippen molar-refractivity contribution in [3.8, 4) is 0 Å². The van der Waals surface area contributed by atoms with Crippen molar-refractivity contribution in [3.63, 3.8) is 0 Å². The molecule has 0 bridgehead atoms. The second kappa shape index (κ2) is 8.04. The van der Waals surface area contributed by atoms with Crippen molar-refractivity contribution in [3.05, 3.63) is 18.3 Å². The standard InChI is InChI=1S/C13H19N3O3.ClH/c1-9(19-8-11-3-2-6-18-11)13(17)16-10-4-5-12(14)15-7-10;/h4-5,7,9,11H,2-3,6,8H2,1H3,(H2,14,15)(H,16,17);1H. The van der Waals surface area contributed by atoms with E-state index < -0.39 is 6.10 Å². The Morgan fingerprint density at radius 1 is 1.65 bits per heavy atom. The fourth-order valence-corrected chi connectivity index (χ4v) is 1.83. The predicted molar refractivity (Wildman–Crippen MR) is 78.9 cm³/mol. The second-order valence-electron chi connectivity index (χ2n) is 4.57. The molecule has 1 aromatic heterocycles. The maximum Gasteiger partial charge on any atom is 0.253 e. The second-order valence-corrected chi connectivity index (χ2v) is 4.57. The van der Waals surface area contributed by atoms with E-state index in [1.165, 1.54) is 6.20 Å². The van der Waals surface area contributed by atoms with Gasteiger partial charge in [0.05, 0.1) is 24.6 Å². The molecule has 1 fully saturated rings. The van der Waals surface area contributed by atoms with E-state index in [9.17, 15) is 4.79 Å². The molecule has 1 aliphatic heterocycles.